The quantitative estimate of drug-likeness (QED) is 0.748. The van der Waals surface area contributed by atoms with E-state index in [0.717, 1.165) is 17.7 Å². The average Bonchev–Trinajstić information content (AvgIpc) is 2.66. The molecule has 0 unspecified atom stereocenters. The molecule has 2 aromatic rings. The van der Waals surface area contributed by atoms with Gasteiger partial charge < -0.3 is 0 Å². The number of halogens is 1. The van der Waals surface area contributed by atoms with Crippen molar-refractivity contribution in [2.24, 2.45) is 0 Å². The molecule has 3 heteroatoms. The number of hydrogen-bond donors (Lipinski definition) is 0. The van der Waals surface area contributed by atoms with Gasteiger partial charge in [0.2, 0.25) is 0 Å². The molecule has 90 valence electrons. The number of aromatic nitrogens is 1. The number of thiazole rings is 1. The molecule has 0 N–H and O–H groups in total. The maximum absolute atomic E-state index is 5.92. The number of nitrogens with zero attached hydrogens (tertiary/aromatic N) is 1. The van der Waals surface area contributed by atoms with Crippen LogP contribution < -0.4 is 0 Å². The molecule has 1 nitrogen and oxygen atoms in total. The summed E-state index contributed by atoms with van der Waals surface area (Å²) in [7, 11) is 0. The first-order valence-electron chi connectivity index (χ1n) is 5.93. The molecule has 0 aliphatic heterocycles. The highest BCUT2D eigenvalue weighted by molar-refractivity contribution is 7.16. The van der Waals surface area contributed by atoms with Crippen molar-refractivity contribution >= 4 is 22.9 Å². The molecule has 0 radical (unpaired) electrons. The summed E-state index contributed by atoms with van der Waals surface area (Å²) in [5.41, 5.74) is 3.57. The Morgan fingerprint density at radius 3 is 2.47 bits per heavy atom. The molecule has 0 aliphatic carbocycles. The van der Waals surface area contributed by atoms with Crippen molar-refractivity contribution < 1.29 is 0 Å². The van der Waals surface area contributed by atoms with Gasteiger partial charge in [-0.25, -0.2) is 4.98 Å². The third-order valence-corrected chi connectivity index (χ3v) is 3.89. The first kappa shape index (κ1) is 12.6. The minimum atomic E-state index is 0.618. The van der Waals surface area contributed by atoms with E-state index in [0.29, 0.717) is 4.47 Å². The fourth-order valence-corrected chi connectivity index (χ4v) is 2.92. The summed E-state index contributed by atoms with van der Waals surface area (Å²) in [4.78, 5) is 5.53. The third-order valence-electron chi connectivity index (χ3n) is 2.82. The minimum Gasteiger partial charge on any atom is -0.225 e. The van der Waals surface area contributed by atoms with Crippen LogP contribution in [0.3, 0.4) is 0 Å². The SMILES string of the molecule is CCCCc1ccc(-c2nc(Cl)sc2C)cc1. The van der Waals surface area contributed by atoms with Crippen LogP contribution in [0.1, 0.15) is 30.2 Å². The molecule has 0 atom stereocenters. The second-order valence-electron chi connectivity index (χ2n) is 4.17. The van der Waals surface area contributed by atoms with Crippen LogP contribution in [0.2, 0.25) is 4.47 Å². The molecule has 17 heavy (non-hydrogen) atoms. The minimum absolute atomic E-state index is 0.618. The van der Waals surface area contributed by atoms with E-state index in [1.54, 1.807) is 0 Å². The number of unbranched alkanes of at least 4 members (excludes halogenated alkanes) is 1. The van der Waals surface area contributed by atoms with Crippen molar-refractivity contribution in [3.8, 4) is 11.3 Å². The summed E-state index contributed by atoms with van der Waals surface area (Å²) < 4.78 is 0.618. The van der Waals surface area contributed by atoms with Gasteiger partial charge in [-0.15, -0.1) is 11.3 Å². The molecule has 2 rings (SSSR count). The molecule has 0 spiro atoms. The molecule has 0 bridgehead atoms. The van der Waals surface area contributed by atoms with E-state index < -0.39 is 0 Å². The molecule has 0 saturated heterocycles. The highest BCUT2D eigenvalue weighted by atomic mass is 35.5. The van der Waals surface area contributed by atoms with Crippen molar-refractivity contribution in [2.45, 2.75) is 33.1 Å². The average molecular weight is 266 g/mol. The summed E-state index contributed by atoms with van der Waals surface area (Å²) >= 11 is 7.46. The molecule has 0 saturated carbocycles. The lowest BCUT2D eigenvalue weighted by atomic mass is 10.0. The number of aryl methyl sites for hydroxylation is 2. The van der Waals surface area contributed by atoms with Gasteiger partial charge in [-0.05, 0) is 25.3 Å². The second-order valence-corrected chi connectivity index (χ2v) is 5.96. The third kappa shape index (κ3) is 3.08. The van der Waals surface area contributed by atoms with Gasteiger partial charge in [-0.3, -0.25) is 0 Å². The molecule has 0 amide bonds. The summed E-state index contributed by atoms with van der Waals surface area (Å²) in [6.45, 7) is 4.28. The summed E-state index contributed by atoms with van der Waals surface area (Å²) in [5, 5.41) is 0. The zero-order chi connectivity index (χ0) is 12.3. The van der Waals surface area contributed by atoms with Gasteiger partial charge in [0.25, 0.3) is 0 Å². The zero-order valence-electron chi connectivity index (χ0n) is 10.2. The Bertz CT molecular complexity index is 487. The van der Waals surface area contributed by atoms with Crippen LogP contribution in [0.5, 0.6) is 0 Å². The number of rotatable bonds is 4. The Morgan fingerprint density at radius 1 is 1.24 bits per heavy atom. The zero-order valence-corrected chi connectivity index (χ0v) is 11.7. The maximum atomic E-state index is 5.92. The smallest absolute Gasteiger partial charge is 0.184 e. The van der Waals surface area contributed by atoms with Crippen LogP contribution in [-0.2, 0) is 6.42 Å². The first-order chi connectivity index (χ1) is 8.20. The van der Waals surface area contributed by atoms with E-state index in [1.165, 1.54) is 34.6 Å². The Balaban J connectivity index is 2.20. The highest BCUT2D eigenvalue weighted by Gasteiger charge is 2.08. The van der Waals surface area contributed by atoms with Crippen LogP contribution in [0.25, 0.3) is 11.3 Å². The van der Waals surface area contributed by atoms with Gasteiger partial charge in [0.15, 0.2) is 4.47 Å². The van der Waals surface area contributed by atoms with Crippen molar-refractivity contribution in [1.29, 1.82) is 0 Å². The number of hydrogen-bond acceptors (Lipinski definition) is 2. The molecular weight excluding hydrogens is 250 g/mol. The Morgan fingerprint density at radius 2 is 1.94 bits per heavy atom. The summed E-state index contributed by atoms with van der Waals surface area (Å²) in [6, 6.07) is 8.67. The van der Waals surface area contributed by atoms with E-state index in [-0.39, 0.29) is 0 Å². The summed E-state index contributed by atoms with van der Waals surface area (Å²) in [5.74, 6) is 0. The van der Waals surface area contributed by atoms with E-state index in [1.807, 2.05) is 0 Å². The van der Waals surface area contributed by atoms with Gasteiger partial charge in [0.1, 0.15) is 0 Å². The topological polar surface area (TPSA) is 12.9 Å². The molecule has 1 aromatic carbocycles. The molecule has 0 fully saturated rings. The predicted octanol–water partition coefficient (Wildman–Crippen LogP) is 5.11. The molecule has 1 heterocycles. The van der Waals surface area contributed by atoms with Gasteiger partial charge in [0, 0.05) is 10.4 Å². The van der Waals surface area contributed by atoms with Gasteiger partial charge >= 0.3 is 0 Å². The van der Waals surface area contributed by atoms with Crippen molar-refractivity contribution in [3.05, 3.63) is 39.2 Å². The van der Waals surface area contributed by atoms with Crippen LogP contribution in [-0.4, -0.2) is 4.98 Å². The maximum Gasteiger partial charge on any atom is 0.184 e. The fourth-order valence-electron chi connectivity index (χ4n) is 1.84. The predicted molar refractivity (Wildman–Crippen MR) is 75.9 cm³/mol. The summed E-state index contributed by atoms with van der Waals surface area (Å²) in [6.07, 6.45) is 3.65. The van der Waals surface area contributed by atoms with E-state index in [2.05, 4.69) is 43.1 Å². The van der Waals surface area contributed by atoms with E-state index >= 15 is 0 Å². The molecule has 1 aromatic heterocycles. The van der Waals surface area contributed by atoms with Gasteiger partial charge in [-0.2, -0.15) is 0 Å². The van der Waals surface area contributed by atoms with Crippen LogP contribution >= 0.6 is 22.9 Å². The molecule has 0 aliphatic rings. The lowest BCUT2D eigenvalue weighted by Crippen LogP contribution is -1.86. The lowest BCUT2D eigenvalue weighted by molar-refractivity contribution is 0.795. The van der Waals surface area contributed by atoms with Crippen molar-refractivity contribution in [2.75, 3.05) is 0 Å². The van der Waals surface area contributed by atoms with Crippen molar-refractivity contribution in [1.82, 2.24) is 4.98 Å². The molecular formula is C14H16ClNS. The lowest BCUT2D eigenvalue weighted by Gasteiger charge is -2.02. The monoisotopic (exact) mass is 265 g/mol. The standard InChI is InChI=1S/C14H16ClNS/c1-3-4-5-11-6-8-12(9-7-11)13-10(2)17-14(15)16-13/h6-9H,3-5H2,1-2H3. The number of benzene rings is 1. The van der Waals surface area contributed by atoms with Crippen LogP contribution in [0.4, 0.5) is 0 Å². The Labute approximate surface area is 111 Å². The fraction of sp³-hybridized carbons (Fsp3) is 0.357. The van der Waals surface area contributed by atoms with E-state index in [4.69, 9.17) is 11.6 Å². The van der Waals surface area contributed by atoms with Crippen LogP contribution in [0.15, 0.2) is 24.3 Å². The van der Waals surface area contributed by atoms with Gasteiger partial charge in [-0.1, -0.05) is 49.2 Å². The first-order valence-corrected chi connectivity index (χ1v) is 7.12. The van der Waals surface area contributed by atoms with Crippen molar-refractivity contribution in [3.63, 3.8) is 0 Å². The second kappa shape index (κ2) is 5.65. The van der Waals surface area contributed by atoms with E-state index in [9.17, 15) is 0 Å². The highest BCUT2D eigenvalue weighted by Crippen LogP contribution is 2.30. The largest absolute Gasteiger partial charge is 0.225 e. The normalized spacial score (nSPS) is 10.8. The van der Waals surface area contributed by atoms with Gasteiger partial charge in [0.05, 0.1) is 5.69 Å². The Kier molecular flexibility index (Phi) is 4.19. The Hall–Kier alpha value is -0.860. The van der Waals surface area contributed by atoms with Crippen LogP contribution in [0, 0.1) is 6.92 Å².